The first kappa shape index (κ1) is 16.9. The summed E-state index contributed by atoms with van der Waals surface area (Å²) in [5.74, 6) is -0.660. The topological polar surface area (TPSA) is 43.4 Å². The van der Waals surface area contributed by atoms with Gasteiger partial charge in [0.25, 0.3) is 0 Å². The van der Waals surface area contributed by atoms with Gasteiger partial charge in [-0.2, -0.15) is 0 Å². The molecule has 0 fully saturated rings. The zero-order chi connectivity index (χ0) is 17.1. The van der Waals surface area contributed by atoms with Gasteiger partial charge in [-0.05, 0) is 63.9 Å². The van der Waals surface area contributed by atoms with E-state index < -0.39 is 12.1 Å². The lowest BCUT2D eigenvalue weighted by atomic mass is 10.0. The Morgan fingerprint density at radius 3 is 2.00 bits per heavy atom. The normalized spacial score (nSPS) is 11.9. The van der Waals surface area contributed by atoms with E-state index in [9.17, 15) is 9.59 Å². The quantitative estimate of drug-likeness (QED) is 0.623. The van der Waals surface area contributed by atoms with Crippen LogP contribution in [0.2, 0.25) is 0 Å². The predicted octanol–water partition coefficient (Wildman–Crippen LogP) is 4.35. The maximum Gasteiger partial charge on any atom is 0.338 e. The lowest BCUT2D eigenvalue weighted by Crippen LogP contribution is -2.24. The van der Waals surface area contributed by atoms with Crippen molar-refractivity contribution in [2.75, 3.05) is 0 Å². The minimum Gasteiger partial charge on any atom is -0.451 e. The molecule has 0 saturated heterocycles. The van der Waals surface area contributed by atoms with Gasteiger partial charge in [0.2, 0.25) is 5.78 Å². The van der Waals surface area contributed by atoms with E-state index in [0.29, 0.717) is 11.1 Å². The molecule has 120 valence electrons. The second-order valence-corrected chi connectivity index (χ2v) is 6.09. The number of hydrogen-bond acceptors (Lipinski definition) is 3. The minimum absolute atomic E-state index is 0.189. The van der Waals surface area contributed by atoms with Crippen LogP contribution in [0.3, 0.4) is 0 Å². The lowest BCUT2D eigenvalue weighted by Gasteiger charge is -2.14. The smallest absolute Gasteiger partial charge is 0.338 e. The summed E-state index contributed by atoms with van der Waals surface area (Å²) in [6.07, 6.45) is -0.814. The highest BCUT2D eigenvalue weighted by atomic mass is 16.5. The Morgan fingerprint density at radius 2 is 1.43 bits per heavy atom. The van der Waals surface area contributed by atoms with Crippen LogP contribution in [0.25, 0.3) is 0 Å². The molecule has 0 amide bonds. The fourth-order valence-electron chi connectivity index (χ4n) is 2.50. The molecule has 0 N–H and O–H groups in total. The highest BCUT2D eigenvalue weighted by molar-refractivity contribution is 6.01. The van der Waals surface area contributed by atoms with Crippen molar-refractivity contribution in [3.05, 3.63) is 69.8 Å². The van der Waals surface area contributed by atoms with Gasteiger partial charge in [0, 0.05) is 5.56 Å². The number of esters is 1. The number of ketones is 1. The van der Waals surface area contributed by atoms with Gasteiger partial charge in [-0.15, -0.1) is 0 Å². The van der Waals surface area contributed by atoms with Crippen molar-refractivity contribution >= 4 is 11.8 Å². The van der Waals surface area contributed by atoms with Crippen molar-refractivity contribution in [2.45, 2.75) is 40.7 Å². The molecule has 0 aliphatic heterocycles. The van der Waals surface area contributed by atoms with E-state index in [0.717, 1.165) is 22.3 Å². The molecule has 0 spiro atoms. The maximum atomic E-state index is 12.4. The first-order valence-electron chi connectivity index (χ1n) is 7.68. The van der Waals surface area contributed by atoms with Gasteiger partial charge in [0.05, 0.1) is 5.56 Å². The van der Waals surface area contributed by atoms with Crippen LogP contribution in [-0.2, 0) is 4.74 Å². The molecule has 0 unspecified atom stereocenters. The van der Waals surface area contributed by atoms with E-state index in [4.69, 9.17) is 4.74 Å². The summed E-state index contributed by atoms with van der Waals surface area (Å²) in [7, 11) is 0. The molecular weight excluding hydrogens is 288 g/mol. The van der Waals surface area contributed by atoms with Crippen LogP contribution >= 0.6 is 0 Å². The van der Waals surface area contributed by atoms with E-state index >= 15 is 0 Å². The Labute approximate surface area is 137 Å². The van der Waals surface area contributed by atoms with E-state index in [-0.39, 0.29) is 5.78 Å². The van der Waals surface area contributed by atoms with Gasteiger partial charge in [0.1, 0.15) is 0 Å². The fraction of sp³-hybridized carbons (Fsp3) is 0.300. The van der Waals surface area contributed by atoms with Crippen molar-refractivity contribution in [2.24, 2.45) is 0 Å². The number of ether oxygens (including phenoxy) is 1. The highest BCUT2D eigenvalue weighted by Crippen LogP contribution is 2.15. The summed E-state index contributed by atoms with van der Waals surface area (Å²) >= 11 is 0. The Bertz CT molecular complexity index is 739. The van der Waals surface area contributed by atoms with E-state index in [1.54, 1.807) is 25.1 Å². The second kappa shape index (κ2) is 6.78. The fourth-order valence-corrected chi connectivity index (χ4v) is 2.50. The van der Waals surface area contributed by atoms with Crippen LogP contribution in [0.15, 0.2) is 36.4 Å². The molecule has 0 aliphatic rings. The molecule has 2 aromatic rings. The highest BCUT2D eigenvalue weighted by Gasteiger charge is 2.21. The Kier molecular flexibility index (Phi) is 4.99. The average molecular weight is 310 g/mol. The maximum absolute atomic E-state index is 12.4. The van der Waals surface area contributed by atoms with Crippen molar-refractivity contribution in [1.29, 1.82) is 0 Å². The molecule has 3 nitrogen and oxygen atoms in total. The van der Waals surface area contributed by atoms with Crippen molar-refractivity contribution in [3.8, 4) is 0 Å². The van der Waals surface area contributed by atoms with E-state index in [2.05, 4.69) is 0 Å². The van der Waals surface area contributed by atoms with Crippen LogP contribution in [0.4, 0.5) is 0 Å². The first-order chi connectivity index (χ1) is 10.8. The largest absolute Gasteiger partial charge is 0.451 e. The van der Waals surface area contributed by atoms with Gasteiger partial charge in [-0.1, -0.05) is 29.3 Å². The Balaban J connectivity index is 2.14. The molecule has 0 aliphatic carbocycles. The zero-order valence-corrected chi connectivity index (χ0v) is 14.3. The zero-order valence-electron chi connectivity index (χ0n) is 14.3. The van der Waals surface area contributed by atoms with Gasteiger partial charge < -0.3 is 4.74 Å². The summed E-state index contributed by atoms with van der Waals surface area (Å²) in [5.41, 5.74) is 5.19. The number of carbonyl (C=O) groups excluding carboxylic acids is 2. The van der Waals surface area contributed by atoms with Crippen LogP contribution in [0.1, 0.15) is 49.9 Å². The average Bonchev–Trinajstić information content (AvgIpc) is 2.48. The molecule has 3 heteroatoms. The standard InChI is InChI=1S/C20H22O3/c1-12-8-13(2)10-18(9-12)20(22)23-16(5)19(21)17-7-6-14(3)15(4)11-17/h6-11,16H,1-5H3/t16-/m1/s1. The van der Waals surface area contributed by atoms with Crippen molar-refractivity contribution in [1.82, 2.24) is 0 Å². The van der Waals surface area contributed by atoms with E-state index in [1.807, 2.05) is 45.9 Å². The lowest BCUT2D eigenvalue weighted by molar-refractivity contribution is 0.0318. The first-order valence-corrected chi connectivity index (χ1v) is 7.68. The molecule has 0 saturated carbocycles. The molecule has 0 bridgehead atoms. The molecule has 1 atom stereocenters. The molecule has 2 rings (SSSR count). The summed E-state index contributed by atoms with van der Waals surface area (Å²) in [4.78, 5) is 24.7. The summed E-state index contributed by atoms with van der Waals surface area (Å²) in [6, 6.07) is 11.0. The molecule has 23 heavy (non-hydrogen) atoms. The van der Waals surface area contributed by atoms with Crippen LogP contribution in [0.5, 0.6) is 0 Å². The molecule has 0 aromatic heterocycles. The number of Topliss-reactive ketones (excluding diaryl/α,β-unsaturated/α-hetero) is 1. The SMILES string of the molecule is Cc1cc(C)cc(C(=O)O[C@H](C)C(=O)c2ccc(C)c(C)c2)c1. The van der Waals surface area contributed by atoms with E-state index in [1.165, 1.54) is 0 Å². The van der Waals surface area contributed by atoms with Crippen LogP contribution < -0.4 is 0 Å². The second-order valence-electron chi connectivity index (χ2n) is 6.09. The minimum atomic E-state index is -0.814. The third kappa shape index (κ3) is 4.07. The van der Waals surface area contributed by atoms with Gasteiger partial charge in [-0.25, -0.2) is 4.79 Å². The summed E-state index contributed by atoms with van der Waals surface area (Å²) in [6.45, 7) is 9.41. The predicted molar refractivity (Wildman–Crippen MR) is 91.0 cm³/mol. The number of rotatable bonds is 4. The number of carbonyl (C=O) groups is 2. The number of aryl methyl sites for hydroxylation is 4. The third-order valence-corrected chi connectivity index (χ3v) is 3.90. The molecule has 0 heterocycles. The number of hydrogen-bond donors (Lipinski definition) is 0. The summed E-state index contributed by atoms with van der Waals surface area (Å²) < 4.78 is 5.34. The van der Waals surface area contributed by atoms with Crippen LogP contribution in [0, 0.1) is 27.7 Å². The number of benzene rings is 2. The van der Waals surface area contributed by atoms with Gasteiger partial charge >= 0.3 is 5.97 Å². The summed E-state index contributed by atoms with van der Waals surface area (Å²) in [5, 5.41) is 0. The Morgan fingerprint density at radius 1 is 0.826 bits per heavy atom. The third-order valence-electron chi connectivity index (χ3n) is 3.90. The van der Waals surface area contributed by atoms with Gasteiger partial charge in [-0.3, -0.25) is 4.79 Å². The Hall–Kier alpha value is -2.42. The molecule has 0 radical (unpaired) electrons. The van der Waals surface area contributed by atoms with Gasteiger partial charge in [0.15, 0.2) is 6.10 Å². The van der Waals surface area contributed by atoms with Crippen molar-refractivity contribution < 1.29 is 14.3 Å². The monoisotopic (exact) mass is 310 g/mol. The molecular formula is C20H22O3. The molecule has 2 aromatic carbocycles. The van der Waals surface area contributed by atoms with Crippen LogP contribution in [-0.4, -0.2) is 17.9 Å². The van der Waals surface area contributed by atoms with Crippen molar-refractivity contribution in [3.63, 3.8) is 0 Å².